The van der Waals surface area contributed by atoms with E-state index in [1.165, 1.54) is 0 Å². The third-order valence-corrected chi connectivity index (χ3v) is 1.27. The van der Waals surface area contributed by atoms with E-state index in [2.05, 4.69) is 20.5 Å². The average Bonchev–Trinajstić information content (AvgIpc) is 2.16. The lowest BCUT2D eigenvalue weighted by atomic mass is 10.5. The number of carbonyl (C=O) groups is 1. The number of carbonyl (C=O) groups excluding carboxylic acids is 1. The zero-order valence-corrected chi connectivity index (χ0v) is 8.25. The molecule has 0 saturated carbocycles. The molecule has 1 amide bonds. The third kappa shape index (κ3) is 7.17. The number of ether oxygens (including phenoxy) is 1. The molecule has 14 heavy (non-hydrogen) atoms. The normalized spacial score (nSPS) is 10.9. The number of rotatable bonds is 5. The Balaban J connectivity index is 3.57. The zero-order valence-electron chi connectivity index (χ0n) is 8.25. The molecule has 0 heterocycles. The fourth-order valence-electron chi connectivity index (χ4n) is 0.697. The second-order valence-corrected chi connectivity index (χ2v) is 2.47. The number of nitrogens with one attached hydrogen (secondary N) is 2. The fourth-order valence-corrected chi connectivity index (χ4v) is 0.697. The van der Waals surface area contributed by atoms with E-state index in [9.17, 15) is 4.79 Å². The van der Waals surface area contributed by atoms with Crippen LogP contribution in [-0.2, 0) is 4.74 Å². The number of nitrogens with zero attached hydrogens (tertiary/aromatic N) is 1. The maximum atomic E-state index is 10.2. The van der Waals surface area contributed by atoms with Crippen LogP contribution in [0.2, 0.25) is 0 Å². The third-order valence-electron chi connectivity index (χ3n) is 1.27. The van der Waals surface area contributed by atoms with Gasteiger partial charge >= 0.3 is 6.09 Å². The van der Waals surface area contributed by atoms with Crippen molar-refractivity contribution in [3.8, 4) is 0 Å². The lowest BCUT2D eigenvalue weighted by Crippen LogP contribution is -2.43. The minimum Gasteiger partial charge on any atom is -0.448 e. The molecule has 82 valence electrons. The molecular weight excluding hydrogens is 186 g/mol. The Morgan fingerprint density at radius 3 is 2.79 bits per heavy atom. The smallest absolute Gasteiger partial charge is 0.404 e. The Hall–Kier alpha value is -1.50. The van der Waals surface area contributed by atoms with E-state index in [0.717, 1.165) is 6.42 Å². The number of aliphatic imine (C=N–C) groups is 1. The van der Waals surface area contributed by atoms with Gasteiger partial charge in [-0.3, -0.25) is 10.4 Å². The highest BCUT2D eigenvalue weighted by atomic mass is 16.5. The first kappa shape index (κ1) is 12.5. The van der Waals surface area contributed by atoms with E-state index in [0.29, 0.717) is 19.0 Å². The summed E-state index contributed by atoms with van der Waals surface area (Å²) in [7, 11) is 0. The molecule has 0 aliphatic carbocycles. The van der Waals surface area contributed by atoms with Crippen molar-refractivity contribution in [3.05, 3.63) is 0 Å². The van der Waals surface area contributed by atoms with Gasteiger partial charge in [-0.05, 0) is 6.42 Å². The standard InChI is InChI=1S/C7H17N5O2/c1-2-3-10-7(12-9)11-4-5-14-6(8)13/h2-5,9H2,1H3,(H2,8,13)(H2,10,11,12). The van der Waals surface area contributed by atoms with Crippen molar-refractivity contribution >= 4 is 12.1 Å². The number of nitrogens with two attached hydrogens (primary N) is 2. The van der Waals surface area contributed by atoms with E-state index in [1.54, 1.807) is 0 Å². The van der Waals surface area contributed by atoms with Gasteiger partial charge in [-0.1, -0.05) is 6.92 Å². The number of primary amides is 1. The van der Waals surface area contributed by atoms with Crippen LogP contribution >= 0.6 is 0 Å². The number of hydrogen-bond donors (Lipinski definition) is 4. The van der Waals surface area contributed by atoms with E-state index < -0.39 is 6.09 Å². The summed E-state index contributed by atoms with van der Waals surface area (Å²) < 4.78 is 4.49. The van der Waals surface area contributed by atoms with Gasteiger partial charge in [0.25, 0.3) is 0 Å². The molecule has 0 aliphatic rings. The van der Waals surface area contributed by atoms with E-state index in [1.807, 2.05) is 6.92 Å². The molecule has 0 aromatic heterocycles. The average molecular weight is 203 g/mol. The van der Waals surface area contributed by atoms with Crippen LogP contribution in [0.1, 0.15) is 13.3 Å². The summed E-state index contributed by atoms with van der Waals surface area (Å²) in [6.07, 6.45) is 0.143. The summed E-state index contributed by atoms with van der Waals surface area (Å²) in [5, 5.41) is 2.84. The molecular formula is C7H17N5O2. The first-order valence-corrected chi connectivity index (χ1v) is 4.37. The molecule has 0 radical (unpaired) electrons. The number of hydrogen-bond acceptors (Lipinski definition) is 4. The summed E-state index contributed by atoms with van der Waals surface area (Å²) in [4.78, 5) is 14.3. The maximum absolute atomic E-state index is 10.2. The molecule has 0 fully saturated rings. The molecule has 0 aromatic rings. The number of amides is 1. The van der Waals surface area contributed by atoms with Crippen LogP contribution in [0, 0.1) is 0 Å². The van der Waals surface area contributed by atoms with Gasteiger partial charge in [0.1, 0.15) is 6.61 Å². The molecule has 0 rings (SSSR count). The minimum absolute atomic E-state index is 0.183. The summed E-state index contributed by atoms with van der Waals surface area (Å²) in [6.45, 7) is 3.29. The summed E-state index contributed by atoms with van der Waals surface area (Å²) in [6, 6.07) is 0. The van der Waals surface area contributed by atoms with Crippen LogP contribution in [0.25, 0.3) is 0 Å². The molecule has 0 unspecified atom stereocenters. The zero-order chi connectivity index (χ0) is 10.8. The molecule has 7 heteroatoms. The first-order valence-electron chi connectivity index (χ1n) is 4.37. The molecule has 0 aromatic carbocycles. The highest BCUT2D eigenvalue weighted by molar-refractivity contribution is 5.79. The first-order chi connectivity index (χ1) is 6.70. The molecule has 7 nitrogen and oxygen atoms in total. The Morgan fingerprint density at radius 1 is 1.57 bits per heavy atom. The summed E-state index contributed by atoms with van der Waals surface area (Å²) >= 11 is 0. The van der Waals surface area contributed by atoms with Crippen molar-refractivity contribution in [1.29, 1.82) is 0 Å². The van der Waals surface area contributed by atoms with Gasteiger partial charge in [0.15, 0.2) is 0 Å². The Bertz CT molecular complexity index is 195. The van der Waals surface area contributed by atoms with Gasteiger partial charge in [0.2, 0.25) is 5.96 Å². The largest absolute Gasteiger partial charge is 0.448 e. The fraction of sp³-hybridized carbons (Fsp3) is 0.714. The highest BCUT2D eigenvalue weighted by Crippen LogP contribution is 1.77. The van der Waals surface area contributed by atoms with Crippen molar-refractivity contribution in [2.45, 2.75) is 13.3 Å². The van der Waals surface area contributed by atoms with Crippen LogP contribution in [0.4, 0.5) is 4.79 Å². The minimum atomic E-state index is -0.792. The van der Waals surface area contributed by atoms with Crippen molar-refractivity contribution < 1.29 is 9.53 Å². The van der Waals surface area contributed by atoms with Crippen LogP contribution in [-0.4, -0.2) is 31.7 Å². The maximum Gasteiger partial charge on any atom is 0.404 e. The lowest BCUT2D eigenvalue weighted by molar-refractivity contribution is 0.159. The van der Waals surface area contributed by atoms with Crippen LogP contribution in [0.15, 0.2) is 4.99 Å². The lowest BCUT2D eigenvalue weighted by Gasteiger charge is -2.08. The van der Waals surface area contributed by atoms with Gasteiger partial charge in [-0.25, -0.2) is 10.6 Å². The van der Waals surface area contributed by atoms with Crippen molar-refractivity contribution in [1.82, 2.24) is 10.7 Å². The summed E-state index contributed by atoms with van der Waals surface area (Å²) in [5.74, 6) is 5.65. The molecule has 0 spiro atoms. The second kappa shape index (κ2) is 8.11. The molecule has 6 N–H and O–H groups in total. The van der Waals surface area contributed by atoms with E-state index >= 15 is 0 Å². The Kier molecular flexibility index (Phi) is 7.24. The highest BCUT2D eigenvalue weighted by Gasteiger charge is 1.95. The number of hydrazine groups is 1. The van der Waals surface area contributed by atoms with E-state index in [4.69, 9.17) is 11.6 Å². The molecule has 0 saturated heterocycles. The second-order valence-electron chi connectivity index (χ2n) is 2.47. The van der Waals surface area contributed by atoms with Gasteiger partial charge in [-0.2, -0.15) is 0 Å². The molecule has 0 aliphatic heterocycles. The summed E-state index contributed by atoms with van der Waals surface area (Å²) in [5.41, 5.74) is 7.15. The number of guanidine groups is 1. The molecule has 0 atom stereocenters. The topological polar surface area (TPSA) is 115 Å². The quantitative estimate of drug-likeness (QED) is 0.149. The van der Waals surface area contributed by atoms with Crippen molar-refractivity contribution in [2.24, 2.45) is 16.6 Å². The predicted molar refractivity (Wildman–Crippen MR) is 53.5 cm³/mol. The molecule has 0 bridgehead atoms. The van der Waals surface area contributed by atoms with Gasteiger partial charge in [0.05, 0.1) is 6.54 Å². The van der Waals surface area contributed by atoms with Crippen molar-refractivity contribution in [3.63, 3.8) is 0 Å². The SMILES string of the molecule is CCCN=C(NN)NCCOC(N)=O. The Labute approximate surface area is 82.8 Å². The monoisotopic (exact) mass is 203 g/mol. The van der Waals surface area contributed by atoms with Gasteiger partial charge < -0.3 is 15.8 Å². The van der Waals surface area contributed by atoms with Crippen molar-refractivity contribution in [2.75, 3.05) is 19.7 Å². The predicted octanol–water partition coefficient (Wildman–Crippen LogP) is -1.10. The van der Waals surface area contributed by atoms with E-state index in [-0.39, 0.29) is 6.61 Å². The van der Waals surface area contributed by atoms with Gasteiger partial charge in [-0.15, -0.1) is 0 Å². The Morgan fingerprint density at radius 2 is 2.29 bits per heavy atom. The van der Waals surface area contributed by atoms with Gasteiger partial charge in [0, 0.05) is 6.54 Å². The van der Waals surface area contributed by atoms with Crippen LogP contribution in [0.3, 0.4) is 0 Å². The van der Waals surface area contributed by atoms with Crippen LogP contribution < -0.4 is 22.3 Å². The van der Waals surface area contributed by atoms with Crippen LogP contribution in [0.5, 0.6) is 0 Å².